The molecule has 0 bridgehead atoms. The van der Waals surface area contributed by atoms with Gasteiger partial charge in [0.2, 0.25) is 15.9 Å². The van der Waals surface area contributed by atoms with Crippen LogP contribution in [0.4, 0.5) is 8.78 Å². The van der Waals surface area contributed by atoms with Gasteiger partial charge >= 0.3 is 0 Å². The highest BCUT2D eigenvalue weighted by atomic mass is 32.2. The minimum Gasteiger partial charge on any atom is -0.341 e. The highest BCUT2D eigenvalue weighted by Crippen LogP contribution is 2.26. The lowest BCUT2D eigenvalue weighted by atomic mass is 9.96. The van der Waals surface area contributed by atoms with E-state index in [-0.39, 0.29) is 29.8 Å². The van der Waals surface area contributed by atoms with Crippen LogP contribution in [0.5, 0.6) is 0 Å². The summed E-state index contributed by atoms with van der Waals surface area (Å²) >= 11 is 0. The molecule has 1 fully saturated rings. The molecule has 6 nitrogen and oxygen atoms in total. The van der Waals surface area contributed by atoms with Gasteiger partial charge in [0, 0.05) is 38.6 Å². The molecule has 0 aliphatic carbocycles. The van der Waals surface area contributed by atoms with E-state index in [4.69, 9.17) is 0 Å². The molecule has 1 amide bonds. The largest absolute Gasteiger partial charge is 0.341 e. The van der Waals surface area contributed by atoms with E-state index < -0.39 is 21.7 Å². The number of halogens is 2. The summed E-state index contributed by atoms with van der Waals surface area (Å²) in [5.74, 6) is -2.09. The van der Waals surface area contributed by atoms with E-state index in [0.29, 0.717) is 37.9 Å². The summed E-state index contributed by atoms with van der Waals surface area (Å²) in [6, 6.07) is 2.60. The fourth-order valence-corrected chi connectivity index (χ4v) is 5.40. The zero-order chi connectivity index (χ0) is 23.2. The molecule has 0 spiro atoms. The van der Waals surface area contributed by atoms with E-state index in [1.807, 2.05) is 4.90 Å². The zero-order valence-corrected chi connectivity index (χ0v) is 19.8. The van der Waals surface area contributed by atoms with Crippen molar-refractivity contribution in [2.75, 3.05) is 45.8 Å². The van der Waals surface area contributed by atoms with E-state index in [1.165, 1.54) is 4.31 Å². The first-order chi connectivity index (χ1) is 14.6. The topological polar surface area (TPSA) is 60.9 Å². The van der Waals surface area contributed by atoms with Gasteiger partial charge in [0.05, 0.1) is 4.90 Å². The van der Waals surface area contributed by atoms with E-state index in [1.54, 1.807) is 0 Å². The van der Waals surface area contributed by atoms with Crippen LogP contribution in [-0.4, -0.2) is 74.2 Å². The molecule has 0 N–H and O–H groups in total. The van der Waals surface area contributed by atoms with Gasteiger partial charge in [-0.2, -0.15) is 4.31 Å². The summed E-state index contributed by atoms with van der Waals surface area (Å²) in [6.45, 7) is 12.7. The van der Waals surface area contributed by atoms with Crippen molar-refractivity contribution in [3.05, 3.63) is 29.8 Å². The van der Waals surface area contributed by atoms with Crippen LogP contribution in [0.3, 0.4) is 0 Å². The Kier molecular flexibility index (Phi) is 9.39. The SMILES string of the molecule is CCN(CC)CCN(CC(C)C)C(=O)C1CCN(S(=O)(=O)c2ccc(F)c(F)c2)CC1. The molecule has 1 aliphatic rings. The first-order valence-corrected chi connectivity index (χ1v) is 12.5. The number of hydrogen-bond donors (Lipinski definition) is 0. The molecule has 31 heavy (non-hydrogen) atoms. The number of benzene rings is 1. The summed E-state index contributed by atoms with van der Waals surface area (Å²) in [7, 11) is -3.92. The quantitative estimate of drug-likeness (QED) is 0.539. The molecule has 1 aromatic rings. The van der Waals surface area contributed by atoms with Gasteiger partial charge in [-0.1, -0.05) is 27.7 Å². The second-order valence-electron chi connectivity index (χ2n) is 8.46. The van der Waals surface area contributed by atoms with Crippen molar-refractivity contribution in [2.24, 2.45) is 11.8 Å². The number of hydrogen-bond acceptors (Lipinski definition) is 4. The minimum absolute atomic E-state index is 0.0748. The Morgan fingerprint density at radius 2 is 1.71 bits per heavy atom. The van der Waals surface area contributed by atoms with Crippen molar-refractivity contribution < 1.29 is 22.0 Å². The minimum atomic E-state index is -3.92. The molecule has 1 aliphatic heterocycles. The average molecular weight is 460 g/mol. The van der Waals surface area contributed by atoms with Crippen LogP contribution in [0.25, 0.3) is 0 Å². The third-order valence-electron chi connectivity index (χ3n) is 5.81. The molecule has 0 saturated carbocycles. The van der Waals surface area contributed by atoms with Crippen LogP contribution in [0.2, 0.25) is 0 Å². The van der Waals surface area contributed by atoms with E-state index in [0.717, 1.165) is 31.8 Å². The lowest BCUT2D eigenvalue weighted by Gasteiger charge is -2.35. The van der Waals surface area contributed by atoms with E-state index >= 15 is 0 Å². The zero-order valence-electron chi connectivity index (χ0n) is 19.0. The van der Waals surface area contributed by atoms with Crippen molar-refractivity contribution in [1.82, 2.24) is 14.1 Å². The first-order valence-electron chi connectivity index (χ1n) is 11.1. The van der Waals surface area contributed by atoms with Crippen LogP contribution in [0.15, 0.2) is 23.1 Å². The van der Waals surface area contributed by atoms with Gasteiger partial charge in [-0.3, -0.25) is 4.79 Å². The Hall–Kier alpha value is -1.58. The van der Waals surface area contributed by atoms with Gasteiger partial charge in [0.25, 0.3) is 0 Å². The van der Waals surface area contributed by atoms with Gasteiger partial charge in [0.15, 0.2) is 11.6 Å². The fourth-order valence-electron chi connectivity index (χ4n) is 3.92. The molecule has 0 radical (unpaired) electrons. The van der Waals surface area contributed by atoms with Crippen LogP contribution in [-0.2, 0) is 14.8 Å². The third-order valence-corrected chi connectivity index (χ3v) is 7.70. The standard InChI is InChI=1S/C22H35F2N3O3S/c1-5-25(6-2)13-14-26(16-17(3)4)22(28)18-9-11-27(12-10-18)31(29,30)19-7-8-20(23)21(24)15-19/h7-8,15,17-18H,5-6,9-14,16H2,1-4H3. The second-order valence-corrected chi connectivity index (χ2v) is 10.4. The van der Waals surface area contributed by atoms with Crippen molar-refractivity contribution in [3.63, 3.8) is 0 Å². The molecule has 9 heteroatoms. The van der Waals surface area contributed by atoms with Crippen molar-refractivity contribution in [3.8, 4) is 0 Å². The van der Waals surface area contributed by atoms with E-state index in [2.05, 4.69) is 32.6 Å². The maximum Gasteiger partial charge on any atom is 0.243 e. The van der Waals surface area contributed by atoms with Crippen molar-refractivity contribution in [2.45, 2.75) is 45.4 Å². The third kappa shape index (κ3) is 6.70. The summed E-state index contributed by atoms with van der Waals surface area (Å²) < 4.78 is 53.5. The Morgan fingerprint density at radius 3 is 2.23 bits per heavy atom. The summed E-state index contributed by atoms with van der Waals surface area (Å²) in [6.07, 6.45) is 0.837. The molecule has 0 aromatic heterocycles. The Balaban J connectivity index is 2.03. The molecule has 1 saturated heterocycles. The van der Waals surface area contributed by atoms with Gasteiger partial charge in [-0.25, -0.2) is 17.2 Å². The maximum atomic E-state index is 13.5. The molecule has 0 unspecified atom stereocenters. The van der Waals surface area contributed by atoms with Gasteiger partial charge in [-0.15, -0.1) is 0 Å². The fraction of sp³-hybridized carbons (Fsp3) is 0.682. The predicted molar refractivity (Wildman–Crippen MR) is 117 cm³/mol. The smallest absolute Gasteiger partial charge is 0.243 e. The van der Waals surface area contributed by atoms with Gasteiger partial charge in [-0.05, 0) is 50.0 Å². The van der Waals surface area contributed by atoms with Crippen LogP contribution >= 0.6 is 0 Å². The Bertz CT molecular complexity index is 836. The van der Waals surface area contributed by atoms with Crippen molar-refractivity contribution in [1.29, 1.82) is 0 Å². The summed E-state index contributed by atoms with van der Waals surface area (Å²) in [4.78, 5) is 17.1. The molecule has 176 valence electrons. The number of piperidine rings is 1. The molecule has 1 heterocycles. The molecule has 0 atom stereocenters. The highest BCUT2D eigenvalue weighted by molar-refractivity contribution is 7.89. The monoisotopic (exact) mass is 459 g/mol. The van der Waals surface area contributed by atoms with Crippen LogP contribution in [0.1, 0.15) is 40.5 Å². The number of nitrogens with zero attached hydrogens (tertiary/aromatic N) is 3. The average Bonchev–Trinajstić information content (AvgIpc) is 2.74. The van der Waals surface area contributed by atoms with E-state index in [9.17, 15) is 22.0 Å². The highest BCUT2D eigenvalue weighted by Gasteiger charge is 2.34. The maximum absolute atomic E-state index is 13.5. The second kappa shape index (κ2) is 11.3. The number of sulfonamides is 1. The number of carbonyl (C=O) groups is 1. The normalized spacial score (nSPS) is 16.3. The molecule has 2 rings (SSSR count). The van der Waals surface area contributed by atoms with Crippen molar-refractivity contribution >= 4 is 15.9 Å². The molecule has 1 aromatic carbocycles. The van der Waals surface area contributed by atoms with Gasteiger partial charge < -0.3 is 9.80 Å². The Labute approximate surface area is 185 Å². The first kappa shape index (κ1) is 25.7. The van der Waals surface area contributed by atoms with Crippen LogP contribution in [0, 0.1) is 23.5 Å². The lowest BCUT2D eigenvalue weighted by Crippen LogP contribution is -2.47. The number of amides is 1. The predicted octanol–water partition coefficient (Wildman–Crippen LogP) is 3.19. The summed E-state index contributed by atoms with van der Waals surface area (Å²) in [5.41, 5.74) is 0. The molecular weight excluding hydrogens is 424 g/mol. The number of carbonyl (C=O) groups excluding carboxylic acids is 1. The van der Waals surface area contributed by atoms with Crippen LogP contribution < -0.4 is 0 Å². The van der Waals surface area contributed by atoms with Gasteiger partial charge in [0.1, 0.15) is 0 Å². The molecular formula is C22H35F2N3O3S. The number of rotatable bonds is 10. The number of likely N-dealkylation sites (N-methyl/N-ethyl adjacent to an activating group) is 1. The summed E-state index contributed by atoms with van der Waals surface area (Å²) in [5, 5.41) is 0. The lowest BCUT2D eigenvalue weighted by molar-refractivity contribution is -0.137. The Morgan fingerprint density at radius 1 is 1.10 bits per heavy atom.